The van der Waals surface area contributed by atoms with E-state index in [-0.39, 0.29) is 17.4 Å². The molecule has 7 nitrogen and oxygen atoms in total. The molecular formula is C21H25N3O4S. The molecule has 0 spiro atoms. The number of nitrogens with zero attached hydrogens (tertiary/aromatic N) is 1. The van der Waals surface area contributed by atoms with Crippen molar-refractivity contribution in [3.63, 3.8) is 0 Å². The standard InChI is InChI=1S/C21H25N3O4S/c1-16-6-5-7-18(14-16)28-15-21(25)23-17-9-11-19(12-10-17)29(26,27)24-20-8-3-2-4-13-22-20/h5-7,9-12,14H,2-4,8,13,15H2,1H3,(H,22,24)(H,23,25). The molecule has 1 aliphatic heterocycles. The molecule has 0 radical (unpaired) electrons. The van der Waals surface area contributed by atoms with Crippen molar-refractivity contribution in [2.24, 2.45) is 4.99 Å². The predicted octanol–water partition coefficient (Wildman–Crippen LogP) is 3.26. The summed E-state index contributed by atoms with van der Waals surface area (Å²) in [5.74, 6) is 0.801. The Morgan fingerprint density at radius 1 is 1.10 bits per heavy atom. The predicted molar refractivity (Wildman–Crippen MR) is 113 cm³/mol. The minimum atomic E-state index is -3.69. The number of amidine groups is 1. The van der Waals surface area contributed by atoms with Crippen LogP contribution in [-0.4, -0.2) is 33.3 Å². The maximum Gasteiger partial charge on any atom is 0.262 e. The van der Waals surface area contributed by atoms with Crippen molar-refractivity contribution in [1.82, 2.24) is 4.72 Å². The number of ether oxygens (including phenoxy) is 1. The van der Waals surface area contributed by atoms with E-state index in [9.17, 15) is 13.2 Å². The van der Waals surface area contributed by atoms with Crippen LogP contribution in [0.2, 0.25) is 0 Å². The first kappa shape index (κ1) is 20.9. The second-order valence-corrected chi connectivity index (χ2v) is 8.60. The van der Waals surface area contributed by atoms with Gasteiger partial charge in [-0.05, 0) is 61.7 Å². The highest BCUT2D eigenvalue weighted by Crippen LogP contribution is 2.16. The SMILES string of the molecule is Cc1cccc(OCC(=O)Nc2ccc(S(=O)(=O)NC3=NCCCCC3)cc2)c1. The Hall–Kier alpha value is -2.87. The molecule has 0 fully saturated rings. The van der Waals surface area contributed by atoms with E-state index in [0.29, 0.717) is 30.2 Å². The van der Waals surface area contributed by atoms with Gasteiger partial charge in [-0.2, -0.15) is 0 Å². The van der Waals surface area contributed by atoms with Crippen LogP contribution >= 0.6 is 0 Å². The largest absolute Gasteiger partial charge is 0.484 e. The summed E-state index contributed by atoms with van der Waals surface area (Å²) in [7, 11) is -3.69. The van der Waals surface area contributed by atoms with E-state index in [4.69, 9.17) is 4.74 Å². The summed E-state index contributed by atoms with van der Waals surface area (Å²) in [5, 5.41) is 2.69. The minimum Gasteiger partial charge on any atom is -0.484 e. The van der Waals surface area contributed by atoms with E-state index in [2.05, 4.69) is 15.0 Å². The molecule has 0 aromatic heterocycles. The third-order valence-electron chi connectivity index (χ3n) is 4.43. The van der Waals surface area contributed by atoms with E-state index in [1.165, 1.54) is 12.1 Å². The lowest BCUT2D eigenvalue weighted by Crippen LogP contribution is -2.30. The molecule has 1 heterocycles. The molecular weight excluding hydrogens is 390 g/mol. The third-order valence-corrected chi connectivity index (χ3v) is 5.83. The lowest BCUT2D eigenvalue weighted by molar-refractivity contribution is -0.118. The van der Waals surface area contributed by atoms with Gasteiger partial charge < -0.3 is 10.1 Å². The smallest absolute Gasteiger partial charge is 0.262 e. The molecule has 154 valence electrons. The lowest BCUT2D eigenvalue weighted by atomic mass is 10.2. The maximum atomic E-state index is 12.5. The molecule has 3 rings (SSSR count). The second-order valence-electron chi connectivity index (χ2n) is 6.92. The average molecular weight is 416 g/mol. The molecule has 2 aromatic rings. The van der Waals surface area contributed by atoms with E-state index >= 15 is 0 Å². The monoisotopic (exact) mass is 415 g/mol. The molecule has 2 aromatic carbocycles. The number of aryl methyl sites for hydroxylation is 1. The number of nitrogens with one attached hydrogen (secondary N) is 2. The molecule has 8 heteroatoms. The van der Waals surface area contributed by atoms with E-state index < -0.39 is 10.0 Å². The highest BCUT2D eigenvalue weighted by molar-refractivity contribution is 7.90. The Balaban J connectivity index is 1.56. The van der Waals surface area contributed by atoms with E-state index in [1.54, 1.807) is 18.2 Å². The number of carbonyl (C=O) groups is 1. The summed E-state index contributed by atoms with van der Waals surface area (Å²) in [5.41, 5.74) is 1.54. The van der Waals surface area contributed by atoms with Crippen molar-refractivity contribution in [3.05, 3.63) is 54.1 Å². The fourth-order valence-corrected chi connectivity index (χ4v) is 4.03. The molecule has 2 N–H and O–H groups in total. The van der Waals surface area contributed by atoms with Gasteiger partial charge in [-0.1, -0.05) is 18.6 Å². The van der Waals surface area contributed by atoms with Gasteiger partial charge in [0.05, 0.1) is 4.90 Å². The molecule has 1 amide bonds. The number of hydrogen-bond acceptors (Lipinski definition) is 5. The maximum absolute atomic E-state index is 12.5. The molecule has 0 bridgehead atoms. The Morgan fingerprint density at radius 2 is 1.90 bits per heavy atom. The second kappa shape index (κ2) is 9.56. The third kappa shape index (κ3) is 6.32. The van der Waals surface area contributed by atoms with Crippen LogP contribution in [0.15, 0.2) is 58.4 Å². The number of aliphatic imine (C=N–C) groups is 1. The van der Waals surface area contributed by atoms with Crippen LogP contribution in [-0.2, 0) is 14.8 Å². The van der Waals surface area contributed by atoms with Crippen LogP contribution in [0.3, 0.4) is 0 Å². The van der Waals surface area contributed by atoms with Gasteiger partial charge >= 0.3 is 0 Å². The van der Waals surface area contributed by atoms with Crippen LogP contribution in [0.25, 0.3) is 0 Å². The normalized spacial score (nSPS) is 14.4. The summed E-state index contributed by atoms with van der Waals surface area (Å²) in [4.78, 5) is 16.5. The average Bonchev–Trinajstić information content (AvgIpc) is 2.95. The number of hydrogen-bond donors (Lipinski definition) is 2. The van der Waals surface area contributed by atoms with Gasteiger partial charge in [0, 0.05) is 18.7 Å². The van der Waals surface area contributed by atoms with E-state index in [0.717, 1.165) is 24.8 Å². The fourth-order valence-electron chi connectivity index (χ4n) is 2.94. The lowest BCUT2D eigenvalue weighted by Gasteiger charge is -2.11. The van der Waals surface area contributed by atoms with Crippen molar-refractivity contribution in [1.29, 1.82) is 0 Å². The molecule has 29 heavy (non-hydrogen) atoms. The van der Waals surface area contributed by atoms with Crippen molar-refractivity contribution in [2.75, 3.05) is 18.5 Å². The Morgan fingerprint density at radius 3 is 2.66 bits per heavy atom. The van der Waals surface area contributed by atoms with Crippen LogP contribution in [0.1, 0.15) is 31.2 Å². The first-order valence-electron chi connectivity index (χ1n) is 9.58. The number of rotatable bonds is 6. The van der Waals surface area contributed by atoms with Gasteiger partial charge in [0.1, 0.15) is 11.6 Å². The van der Waals surface area contributed by atoms with Gasteiger partial charge in [0.2, 0.25) is 0 Å². The molecule has 0 atom stereocenters. The Bertz CT molecular complexity index is 985. The quantitative estimate of drug-likeness (QED) is 0.757. The first-order valence-corrected chi connectivity index (χ1v) is 11.1. The number of sulfonamides is 1. The molecule has 0 saturated carbocycles. The van der Waals surface area contributed by atoms with Crippen molar-refractivity contribution in [2.45, 2.75) is 37.5 Å². The van der Waals surface area contributed by atoms with Crippen LogP contribution in [0.5, 0.6) is 5.75 Å². The fraction of sp³-hybridized carbons (Fsp3) is 0.333. The van der Waals surface area contributed by atoms with Crippen molar-refractivity contribution in [3.8, 4) is 5.75 Å². The number of anilines is 1. The number of benzene rings is 2. The number of carbonyl (C=O) groups excluding carboxylic acids is 1. The summed E-state index contributed by atoms with van der Waals surface area (Å²) >= 11 is 0. The zero-order valence-electron chi connectivity index (χ0n) is 16.3. The summed E-state index contributed by atoms with van der Waals surface area (Å²) in [6, 6.07) is 13.4. The molecule has 0 saturated heterocycles. The van der Waals surface area contributed by atoms with Crippen LogP contribution in [0, 0.1) is 6.92 Å². The molecule has 1 aliphatic rings. The van der Waals surface area contributed by atoms with Gasteiger partial charge in [0.15, 0.2) is 6.61 Å². The summed E-state index contributed by atoms with van der Waals surface area (Å²) in [6.45, 7) is 2.46. The Kier molecular flexibility index (Phi) is 6.87. The molecule has 0 unspecified atom stereocenters. The van der Waals surface area contributed by atoms with Crippen LogP contribution < -0.4 is 14.8 Å². The van der Waals surface area contributed by atoms with Gasteiger partial charge in [-0.15, -0.1) is 0 Å². The minimum absolute atomic E-state index is 0.124. The summed E-state index contributed by atoms with van der Waals surface area (Å²) in [6.07, 6.45) is 3.59. The zero-order chi connectivity index (χ0) is 20.7. The van der Waals surface area contributed by atoms with Crippen LogP contribution in [0.4, 0.5) is 5.69 Å². The van der Waals surface area contributed by atoms with Gasteiger partial charge in [0.25, 0.3) is 15.9 Å². The highest BCUT2D eigenvalue weighted by atomic mass is 32.2. The Labute approximate surface area is 171 Å². The van der Waals surface area contributed by atoms with Crippen molar-refractivity contribution < 1.29 is 17.9 Å². The van der Waals surface area contributed by atoms with E-state index in [1.807, 2.05) is 25.1 Å². The van der Waals surface area contributed by atoms with Crippen molar-refractivity contribution >= 4 is 27.5 Å². The molecule has 0 aliphatic carbocycles. The number of amides is 1. The highest BCUT2D eigenvalue weighted by Gasteiger charge is 2.17. The topological polar surface area (TPSA) is 96.9 Å². The summed E-state index contributed by atoms with van der Waals surface area (Å²) < 4.78 is 33.1. The first-order chi connectivity index (χ1) is 13.9. The zero-order valence-corrected chi connectivity index (χ0v) is 17.2. The van der Waals surface area contributed by atoms with Gasteiger partial charge in [-0.3, -0.25) is 14.5 Å². The van der Waals surface area contributed by atoms with Gasteiger partial charge in [-0.25, -0.2) is 8.42 Å².